The highest BCUT2D eigenvalue weighted by molar-refractivity contribution is 7.92. The average Bonchev–Trinajstić information content (AvgIpc) is 3.27. The summed E-state index contributed by atoms with van der Waals surface area (Å²) in [5.41, 5.74) is 1.02. The number of anilines is 3. The van der Waals surface area contributed by atoms with Crippen LogP contribution in [0.3, 0.4) is 0 Å². The highest BCUT2D eigenvalue weighted by Crippen LogP contribution is 2.37. The number of benzene rings is 2. The molecule has 0 aliphatic carbocycles. The molecule has 11 heteroatoms. The number of hydrogen-bond acceptors (Lipinski definition) is 6. The van der Waals surface area contributed by atoms with Gasteiger partial charge in [-0.3, -0.25) is 9.52 Å². The Morgan fingerprint density at radius 1 is 1.16 bits per heavy atom. The molecule has 0 amide bonds. The molecular weight excluding hydrogens is 447 g/mol. The van der Waals surface area contributed by atoms with Crippen LogP contribution in [0.2, 0.25) is 5.02 Å². The lowest BCUT2D eigenvalue weighted by Crippen LogP contribution is -2.18. The average molecular weight is 463 g/mol. The van der Waals surface area contributed by atoms with Crippen molar-refractivity contribution in [3.05, 3.63) is 75.7 Å². The molecule has 4 rings (SSSR count). The fourth-order valence-electron chi connectivity index (χ4n) is 3.08. The maximum atomic E-state index is 14.6. The van der Waals surface area contributed by atoms with Gasteiger partial charge in [-0.25, -0.2) is 9.37 Å². The van der Waals surface area contributed by atoms with Gasteiger partial charge in [-0.1, -0.05) is 11.6 Å². The predicted molar refractivity (Wildman–Crippen MR) is 116 cm³/mol. The van der Waals surface area contributed by atoms with Crippen LogP contribution in [-0.4, -0.2) is 18.0 Å². The van der Waals surface area contributed by atoms with Gasteiger partial charge < -0.3 is 14.3 Å². The van der Waals surface area contributed by atoms with Gasteiger partial charge in [-0.05, 0) is 48.9 Å². The Bertz CT molecular complexity index is 1470. The van der Waals surface area contributed by atoms with Crippen molar-refractivity contribution in [1.29, 1.82) is 0 Å². The van der Waals surface area contributed by atoms with Crippen LogP contribution in [-0.2, 0) is 17.1 Å². The van der Waals surface area contributed by atoms with Gasteiger partial charge in [-0.2, -0.15) is 8.42 Å². The first-order valence-corrected chi connectivity index (χ1v) is 10.8. The maximum Gasteiger partial charge on any atom is 0.295 e. The lowest BCUT2D eigenvalue weighted by molar-refractivity contribution is 0.452. The Labute approximate surface area is 181 Å². The zero-order valence-electron chi connectivity index (χ0n) is 16.3. The minimum Gasteiger partial charge on any atom is -0.451 e. The van der Waals surface area contributed by atoms with E-state index in [1.54, 1.807) is 26.1 Å². The molecule has 2 aromatic heterocycles. The number of aromatic nitrogens is 2. The third-order valence-electron chi connectivity index (χ3n) is 4.70. The second-order valence-electron chi connectivity index (χ2n) is 6.74. The number of furan rings is 1. The molecule has 0 spiro atoms. The fraction of sp³-hybridized carbons (Fsp3) is 0.100. The quantitative estimate of drug-likeness (QED) is 0.461. The SMILES string of the molecule is Cc1c(Nc2c(F)ccc(NS(=O)(=O)c3ccco3)c2Cl)ccc2ncn(C)c(=O)c12. The third kappa shape index (κ3) is 3.75. The summed E-state index contributed by atoms with van der Waals surface area (Å²) in [5.74, 6) is -0.704. The number of nitrogens with zero attached hydrogens (tertiary/aromatic N) is 2. The van der Waals surface area contributed by atoms with E-state index < -0.39 is 15.8 Å². The number of aryl methyl sites for hydroxylation is 2. The summed E-state index contributed by atoms with van der Waals surface area (Å²) in [6.45, 7) is 1.70. The second-order valence-corrected chi connectivity index (χ2v) is 8.73. The molecule has 31 heavy (non-hydrogen) atoms. The van der Waals surface area contributed by atoms with Crippen LogP contribution < -0.4 is 15.6 Å². The molecule has 0 aliphatic heterocycles. The maximum absolute atomic E-state index is 14.6. The third-order valence-corrected chi connectivity index (χ3v) is 6.35. The first-order valence-electron chi connectivity index (χ1n) is 8.95. The molecule has 2 N–H and O–H groups in total. The molecule has 0 atom stereocenters. The Morgan fingerprint density at radius 3 is 2.61 bits per heavy atom. The standard InChI is InChI=1S/C20H16ClFN4O4S/c1-11-13(7-8-14-17(11)20(27)26(2)10-23-14)24-19-12(22)5-6-15(18(19)21)25-31(28,29)16-4-3-9-30-16/h3-10,24-25H,1-2H3. The van der Waals surface area contributed by atoms with Gasteiger partial charge >= 0.3 is 0 Å². The van der Waals surface area contributed by atoms with Crippen LogP contribution in [0.4, 0.5) is 21.5 Å². The van der Waals surface area contributed by atoms with E-state index in [0.717, 1.165) is 6.07 Å². The summed E-state index contributed by atoms with van der Waals surface area (Å²) < 4.78 is 48.0. The molecule has 2 heterocycles. The number of rotatable bonds is 5. The number of halogens is 2. The van der Waals surface area contributed by atoms with Gasteiger partial charge in [0.25, 0.3) is 15.6 Å². The summed E-state index contributed by atoms with van der Waals surface area (Å²) in [6.07, 6.45) is 2.64. The molecule has 0 unspecified atom stereocenters. The van der Waals surface area contributed by atoms with Gasteiger partial charge in [0.1, 0.15) is 5.82 Å². The molecule has 0 saturated carbocycles. The lowest BCUT2D eigenvalue weighted by atomic mass is 10.1. The monoisotopic (exact) mass is 462 g/mol. The molecule has 0 bridgehead atoms. The van der Waals surface area contributed by atoms with Crippen LogP contribution in [0.15, 0.2) is 63.3 Å². The number of fused-ring (bicyclic) bond motifs is 1. The Balaban J connectivity index is 1.76. The normalized spacial score (nSPS) is 11.6. The molecule has 0 radical (unpaired) electrons. The Morgan fingerprint density at radius 2 is 1.90 bits per heavy atom. The summed E-state index contributed by atoms with van der Waals surface area (Å²) in [7, 11) is -2.46. The van der Waals surface area contributed by atoms with Crippen LogP contribution in [0.1, 0.15) is 5.56 Å². The van der Waals surface area contributed by atoms with Gasteiger partial charge in [0.05, 0.1) is 39.9 Å². The molecular formula is C20H16ClFN4O4S. The van der Waals surface area contributed by atoms with Crippen molar-refractivity contribution in [2.45, 2.75) is 12.0 Å². The molecule has 160 valence electrons. The Kier molecular flexibility index (Phi) is 5.19. The van der Waals surface area contributed by atoms with Gasteiger partial charge in [0.15, 0.2) is 0 Å². The highest BCUT2D eigenvalue weighted by Gasteiger charge is 2.21. The van der Waals surface area contributed by atoms with Gasteiger partial charge in [0.2, 0.25) is 5.09 Å². The minimum atomic E-state index is -4.05. The van der Waals surface area contributed by atoms with E-state index in [2.05, 4.69) is 15.0 Å². The summed E-state index contributed by atoms with van der Waals surface area (Å²) >= 11 is 6.32. The molecule has 0 fully saturated rings. The summed E-state index contributed by atoms with van der Waals surface area (Å²) in [6, 6.07) is 8.24. The van der Waals surface area contributed by atoms with Crippen molar-refractivity contribution in [1.82, 2.24) is 9.55 Å². The zero-order chi connectivity index (χ0) is 22.3. The van der Waals surface area contributed by atoms with Crippen molar-refractivity contribution in [2.75, 3.05) is 10.0 Å². The molecule has 2 aromatic carbocycles. The van der Waals surface area contributed by atoms with Crippen molar-refractivity contribution < 1.29 is 17.2 Å². The van der Waals surface area contributed by atoms with Crippen LogP contribution in [0.25, 0.3) is 10.9 Å². The largest absolute Gasteiger partial charge is 0.451 e. The smallest absolute Gasteiger partial charge is 0.295 e. The fourth-order valence-corrected chi connectivity index (χ4v) is 4.38. The zero-order valence-corrected chi connectivity index (χ0v) is 17.9. The molecule has 0 aliphatic rings. The van der Waals surface area contributed by atoms with E-state index in [-0.39, 0.29) is 27.0 Å². The number of nitrogens with one attached hydrogen (secondary N) is 2. The predicted octanol–water partition coefficient (Wildman–Crippen LogP) is 4.17. The highest BCUT2D eigenvalue weighted by atomic mass is 35.5. The van der Waals surface area contributed by atoms with Crippen LogP contribution in [0.5, 0.6) is 0 Å². The number of hydrogen-bond donors (Lipinski definition) is 2. The lowest BCUT2D eigenvalue weighted by Gasteiger charge is -2.16. The topological polar surface area (TPSA) is 106 Å². The summed E-state index contributed by atoms with van der Waals surface area (Å²) in [4.78, 5) is 16.7. The number of sulfonamides is 1. The Hall–Kier alpha value is -3.37. The van der Waals surface area contributed by atoms with Crippen LogP contribution >= 0.6 is 11.6 Å². The van der Waals surface area contributed by atoms with E-state index in [4.69, 9.17) is 16.0 Å². The van der Waals surface area contributed by atoms with Crippen molar-refractivity contribution in [3.63, 3.8) is 0 Å². The van der Waals surface area contributed by atoms with Crippen molar-refractivity contribution in [3.8, 4) is 0 Å². The summed E-state index contributed by atoms with van der Waals surface area (Å²) in [5, 5.41) is 2.75. The molecule has 8 nitrogen and oxygen atoms in total. The first kappa shape index (κ1) is 20.9. The van der Waals surface area contributed by atoms with E-state index in [1.165, 1.54) is 35.4 Å². The first-order chi connectivity index (χ1) is 14.7. The molecule has 4 aromatic rings. The van der Waals surface area contributed by atoms with Crippen molar-refractivity contribution >= 4 is 49.6 Å². The van der Waals surface area contributed by atoms with E-state index in [1.807, 2.05) is 0 Å². The van der Waals surface area contributed by atoms with E-state index >= 15 is 0 Å². The van der Waals surface area contributed by atoms with Gasteiger partial charge in [-0.15, -0.1) is 0 Å². The van der Waals surface area contributed by atoms with Gasteiger partial charge in [0, 0.05) is 12.7 Å². The van der Waals surface area contributed by atoms with E-state index in [0.29, 0.717) is 22.2 Å². The van der Waals surface area contributed by atoms with Crippen LogP contribution in [0, 0.1) is 12.7 Å². The minimum absolute atomic E-state index is 0.0435. The second kappa shape index (κ2) is 7.71. The van der Waals surface area contributed by atoms with E-state index in [9.17, 15) is 17.6 Å². The van der Waals surface area contributed by atoms with Crippen molar-refractivity contribution in [2.24, 2.45) is 7.05 Å². The molecule has 0 saturated heterocycles.